The highest BCUT2D eigenvalue weighted by Crippen LogP contribution is 2.35. The zero-order valence-corrected chi connectivity index (χ0v) is 19.7. The number of para-hydroxylation sites is 1. The molecule has 1 aliphatic rings. The molecule has 0 atom stereocenters. The lowest BCUT2D eigenvalue weighted by atomic mass is 10.1. The summed E-state index contributed by atoms with van der Waals surface area (Å²) in [4.78, 5) is 40.0. The van der Waals surface area contributed by atoms with Crippen LogP contribution < -0.4 is 19.7 Å². The SMILES string of the molecule is COc1ccc(OC)c(N2C(=O)NC(=O)/C(=C\c3cn(Cc4ccccc4)c4ccccc34)C2=O)c1. The van der Waals surface area contributed by atoms with Crippen LogP contribution in [0.25, 0.3) is 17.0 Å². The Morgan fingerprint density at radius 1 is 0.889 bits per heavy atom. The van der Waals surface area contributed by atoms with E-state index in [1.165, 1.54) is 26.4 Å². The van der Waals surface area contributed by atoms with Gasteiger partial charge in [0.1, 0.15) is 17.1 Å². The Bertz CT molecular complexity index is 1520. The highest BCUT2D eigenvalue weighted by atomic mass is 16.5. The Kier molecular flexibility index (Phi) is 6.00. The minimum atomic E-state index is -0.861. The Morgan fingerprint density at radius 2 is 1.64 bits per heavy atom. The van der Waals surface area contributed by atoms with Gasteiger partial charge in [0.05, 0.1) is 19.9 Å². The van der Waals surface area contributed by atoms with Crippen LogP contribution in [0.1, 0.15) is 11.1 Å². The van der Waals surface area contributed by atoms with E-state index in [0.29, 0.717) is 17.9 Å². The van der Waals surface area contributed by atoms with Crippen LogP contribution in [0.3, 0.4) is 0 Å². The molecule has 1 aromatic heterocycles. The van der Waals surface area contributed by atoms with Crippen LogP contribution in [-0.4, -0.2) is 36.6 Å². The second kappa shape index (κ2) is 9.42. The average Bonchev–Trinajstić information content (AvgIpc) is 3.24. The number of barbiturate groups is 1. The smallest absolute Gasteiger partial charge is 0.336 e. The van der Waals surface area contributed by atoms with Crippen LogP contribution in [-0.2, 0) is 16.1 Å². The molecule has 0 radical (unpaired) electrons. The van der Waals surface area contributed by atoms with Crippen molar-refractivity contribution >= 4 is 40.5 Å². The van der Waals surface area contributed by atoms with Gasteiger partial charge < -0.3 is 14.0 Å². The Morgan fingerprint density at radius 3 is 2.39 bits per heavy atom. The van der Waals surface area contributed by atoms with E-state index in [1.54, 1.807) is 12.1 Å². The lowest BCUT2D eigenvalue weighted by Gasteiger charge is -2.27. The first-order chi connectivity index (χ1) is 17.5. The zero-order valence-electron chi connectivity index (χ0n) is 19.7. The third-order valence-electron chi connectivity index (χ3n) is 6.04. The molecule has 0 unspecified atom stereocenters. The largest absolute Gasteiger partial charge is 0.497 e. The monoisotopic (exact) mass is 481 g/mol. The number of rotatable bonds is 6. The number of aromatic nitrogens is 1. The first-order valence-corrected chi connectivity index (χ1v) is 11.3. The number of urea groups is 1. The molecule has 1 saturated heterocycles. The number of amides is 4. The maximum atomic E-state index is 13.5. The minimum absolute atomic E-state index is 0.165. The van der Waals surface area contributed by atoms with E-state index in [1.807, 2.05) is 60.8 Å². The summed E-state index contributed by atoms with van der Waals surface area (Å²) in [6, 6.07) is 21.6. The lowest BCUT2D eigenvalue weighted by Crippen LogP contribution is -2.54. The van der Waals surface area contributed by atoms with Crippen LogP contribution in [0.4, 0.5) is 10.5 Å². The number of benzene rings is 3. The molecular weight excluding hydrogens is 458 g/mol. The van der Waals surface area contributed by atoms with Crippen molar-refractivity contribution in [1.82, 2.24) is 9.88 Å². The summed E-state index contributed by atoms with van der Waals surface area (Å²) in [5, 5.41) is 3.15. The summed E-state index contributed by atoms with van der Waals surface area (Å²) >= 11 is 0. The van der Waals surface area contributed by atoms with E-state index in [2.05, 4.69) is 9.88 Å². The summed E-state index contributed by atoms with van der Waals surface area (Å²) in [5.74, 6) is -0.802. The van der Waals surface area contributed by atoms with Gasteiger partial charge in [-0.1, -0.05) is 48.5 Å². The van der Waals surface area contributed by atoms with E-state index in [4.69, 9.17) is 9.47 Å². The number of nitrogens with zero attached hydrogens (tertiary/aromatic N) is 2. The molecule has 3 aromatic carbocycles. The van der Waals surface area contributed by atoms with Crippen LogP contribution in [0.5, 0.6) is 11.5 Å². The van der Waals surface area contributed by atoms with Gasteiger partial charge >= 0.3 is 6.03 Å². The molecule has 36 heavy (non-hydrogen) atoms. The van der Waals surface area contributed by atoms with Gasteiger partial charge in [-0.25, -0.2) is 9.69 Å². The van der Waals surface area contributed by atoms with E-state index < -0.39 is 17.8 Å². The van der Waals surface area contributed by atoms with Gasteiger partial charge in [0.25, 0.3) is 11.8 Å². The van der Waals surface area contributed by atoms with Crippen LogP contribution >= 0.6 is 0 Å². The zero-order chi connectivity index (χ0) is 25.2. The second-order valence-electron chi connectivity index (χ2n) is 8.21. The third kappa shape index (κ3) is 4.09. The first kappa shape index (κ1) is 22.9. The fraction of sp³-hybridized carbons (Fsp3) is 0.107. The van der Waals surface area contributed by atoms with Gasteiger partial charge in [0.2, 0.25) is 0 Å². The number of imide groups is 2. The topological polar surface area (TPSA) is 89.9 Å². The molecule has 4 aromatic rings. The molecule has 0 saturated carbocycles. The van der Waals surface area contributed by atoms with Crippen LogP contribution in [0.15, 0.2) is 84.6 Å². The number of carbonyl (C=O) groups is 3. The molecule has 0 aliphatic carbocycles. The molecule has 5 rings (SSSR count). The molecule has 0 bridgehead atoms. The number of ether oxygens (including phenoxy) is 2. The molecular formula is C28H23N3O5. The van der Waals surface area contributed by atoms with Gasteiger partial charge in [0, 0.05) is 35.3 Å². The van der Waals surface area contributed by atoms with Crippen molar-refractivity contribution in [1.29, 1.82) is 0 Å². The van der Waals surface area contributed by atoms with Gasteiger partial charge in [-0.3, -0.25) is 14.9 Å². The maximum Gasteiger partial charge on any atom is 0.336 e. The van der Waals surface area contributed by atoms with Gasteiger partial charge in [-0.05, 0) is 29.8 Å². The van der Waals surface area contributed by atoms with Gasteiger partial charge in [-0.2, -0.15) is 0 Å². The highest BCUT2D eigenvalue weighted by Gasteiger charge is 2.38. The summed E-state index contributed by atoms with van der Waals surface area (Å²) in [6.45, 7) is 0.621. The normalized spacial score (nSPS) is 14.9. The van der Waals surface area contributed by atoms with Crippen molar-refractivity contribution in [2.75, 3.05) is 19.1 Å². The van der Waals surface area contributed by atoms with Crippen molar-refractivity contribution in [3.63, 3.8) is 0 Å². The van der Waals surface area contributed by atoms with E-state index in [9.17, 15) is 14.4 Å². The van der Waals surface area contributed by atoms with Crippen LogP contribution in [0.2, 0.25) is 0 Å². The molecule has 8 nitrogen and oxygen atoms in total. The quantitative estimate of drug-likeness (QED) is 0.326. The number of carbonyl (C=O) groups excluding carboxylic acids is 3. The highest BCUT2D eigenvalue weighted by molar-refractivity contribution is 6.39. The third-order valence-corrected chi connectivity index (χ3v) is 6.04. The average molecular weight is 482 g/mol. The Balaban J connectivity index is 1.59. The summed E-state index contributed by atoms with van der Waals surface area (Å²) in [6.07, 6.45) is 3.42. The van der Waals surface area contributed by atoms with Crippen LogP contribution in [0, 0.1) is 0 Å². The Hall–Kier alpha value is -4.85. The standard InChI is InChI=1S/C28H23N3O5/c1-35-20-12-13-25(36-2)24(15-20)31-27(33)22(26(32)29-28(31)34)14-19-17-30(16-18-8-4-3-5-9-18)23-11-7-6-10-21(19)23/h3-15,17H,16H2,1-2H3,(H,29,32,34)/b22-14+. The minimum Gasteiger partial charge on any atom is -0.497 e. The summed E-state index contributed by atoms with van der Waals surface area (Å²) < 4.78 is 12.7. The Labute approximate surface area is 207 Å². The predicted molar refractivity (Wildman–Crippen MR) is 136 cm³/mol. The lowest BCUT2D eigenvalue weighted by molar-refractivity contribution is -0.122. The molecule has 1 N–H and O–H groups in total. The fourth-order valence-electron chi connectivity index (χ4n) is 4.30. The van der Waals surface area contributed by atoms with Crippen molar-refractivity contribution in [2.45, 2.75) is 6.54 Å². The van der Waals surface area contributed by atoms with Crippen molar-refractivity contribution in [3.05, 3.63) is 95.7 Å². The second-order valence-corrected chi connectivity index (χ2v) is 8.21. The number of nitrogens with one attached hydrogen (secondary N) is 1. The molecule has 4 amide bonds. The molecule has 180 valence electrons. The van der Waals surface area contributed by atoms with E-state index >= 15 is 0 Å². The summed E-state index contributed by atoms with van der Waals surface area (Å²) in [5.41, 5.74) is 2.77. The molecule has 2 heterocycles. The predicted octanol–water partition coefficient (Wildman–Crippen LogP) is 4.37. The number of hydrogen-bond acceptors (Lipinski definition) is 5. The maximum absolute atomic E-state index is 13.5. The number of fused-ring (bicyclic) bond motifs is 1. The van der Waals surface area contributed by atoms with E-state index in [-0.39, 0.29) is 17.0 Å². The molecule has 1 fully saturated rings. The molecule has 8 heteroatoms. The molecule has 1 aliphatic heterocycles. The van der Waals surface area contributed by atoms with Crippen molar-refractivity contribution < 1.29 is 23.9 Å². The number of methoxy groups -OCH3 is 2. The van der Waals surface area contributed by atoms with Gasteiger partial charge in [-0.15, -0.1) is 0 Å². The van der Waals surface area contributed by atoms with Crippen molar-refractivity contribution in [3.8, 4) is 11.5 Å². The number of anilines is 1. The fourth-order valence-corrected chi connectivity index (χ4v) is 4.30. The number of hydrogen-bond donors (Lipinski definition) is 1. The summed E-state index contributed by atoms with van der Waals surface area (Å²) in [7, 11) is 2.91. The van der Waals surface area contributed by atoms with E-state index in [0.717, 1.165) is 21.4 Å². The molecule has 0 spiro atoms. The van der Waals surface area contributed by atoms with Gasteiger partial charge in [0.15, 0.2) is 0 Å². The van der Waals surface area contributed by atoms with Crippen molar-refractivity contribution in [2.24, 2.45) is 0 Å². The first-order valence-electron chi connectivity index (χ1n) is 11.3.